The van der Waals surface area contributed by atoms with Crippen LogP contribution in [0, 0.1) is 6.92 Å². The summed E-state index contributed by atoms with van der Waals surface area (Å²) in [4.78, 5) is 24.9. The van der Waals surface area contributed by atoms with Gasteiger partial charge in [-0.25, -0.2) is 9.78 Å². The number of nitrogens with one attached hydrogen (secondary N) is 1. The van der Waals surface area contributed by atoms with Crippen molar-refractivity contribution < 1.29 is 19.1 Å². The molecule has 4 rings (SSSR count). The predicted octanol–water partition coefficient (Wildman–Crippen LogP) is 5.68. The van der Waals surface area contributed by atoms with Crippen LogP contribution in [0.2, 0.25) is 5.02 Å². The molecule has 0 saturated carbocycles. The van der Waals surface area contributed by atoms with Crippen LogP contribution in [0.15, 0.2) is 53.1 Å². The molecule has 33 heavy (non-hydrogen) atoms. The Morgan fingerprint density at radius 2 is 2.06 bits per heavy atom. The molecule has 0 saturated heterocycles. The second-order valence-corrected chi connectivity index (χ2v) is 8.59. The van der Waals surface area contributed by atoms with E-state index in [9.17, 15) is 4.79 Å². The van der Waals surface area contributed by atoms with Crippen molar-refractivity contribution in [3.8, 4) is 11.5 Å². The van der Waals surface area contributed by atoms with E-state index in [0.29, 0.717) is 29.5 Å². The number of halogens is 1. The first-order chi connectivity index (χ1) is 16.0. The first-order valence-electron chi connectivity index (χ1n) is 10.3. The van der Waals surface area contributed by atoms with Gasteiger partial charge in [0.05, 0.1) is 11.2 Å². The normalized spacial score (nSPS) is 11.2. The highest BCUT2D eigenvalue weighted by atomic mass is 35.5. The molecule has 2 heterocycles. The minimum atomic E-state index is -0.545. The summed E-state index contributed by atoms with van der Waals surface area (Å²) in [5, 5.41) is 7.83. The number of benzene rings is 2. The molecule has 0 atom stereocenters. The monoisotopic (exact) mass is 483 g/mol. The van der Waals surface area contributed by atoms with Gasteiger partial charge in [0.1, 0.15) is 17.4 Å². The second kappa shape index (κ2) is 10.5. The fraction of sp³-hybridized carbons (Fsp3) is 0.208. The summed E-state index contributed by atoms with van der Waals surface area (Å²) in [7, 11) is 0. The number of rotatable bonds is 9. The zero-order chi connectivity index (χ0) is 23.2. The molecule has 0 unspecified atom stereocenters. The van der Waals surface area contributed by atoms with Crippen LogP contribution in [0.4, 0.5) is 0 Å². The van der Waals surface area contributed by atoms with Crippen LogP contribution >= 0.6 is 22.9 Å². The smallest absolute Gasteiger partial charge is 0.352 e. The number of esters is 1. The van der Waals surface area contributed by atoms with Crippen LogP contribution in [0.5, 0.6) is 11.5 Å². The number of aromatic nitrogens is 2. The molecule has 0 aliphatic heterocycles. The molecule has 4 aromatic rings. The average molecular weight is 484 g/mol. The van der Waals surface area contributed by atoms with Gasteiger partial charge in [-0.05, 0) is 43.7 Å². The molecular weight excluding hydrogens is 462 g/mol. The van der Waals surface area contributed by atoms with Gasteiger partial charge in [-0.2, -0.15) is 0 Å². The van der Waals surface area contributed by atoms with Crippen molar-refractivity contribution in [1.82, 2.24) is 9.97 Å². The lowest BCUT2D eigenvalue weighted by molar-refractivity contribution is -0.139. The SMILES string of the molecule is CC=NOCC(=O)Oc1c(C)[nH]c2ccc(OCc3nccs3)c(Cc3ccc(Cl)cc3)c12. The Balaban J connectivity index is 1.74. The third-order valence-corrected chi connectivity index (χ3v) is 5.87. The summed E-state index contributed by atoms with van der Waals surface area (Å²) < 4.78 is 11.8. The lowest BCUT2D eigenvalue weighted by Gasteiger charge is -2.14. The molecule has 0 fully saturated rings. The minimum absolute atomic E-state index is 0.288. The van der Waals surface area contributed by atoms with E-state index in [1.807, 2.05) is 48.7 Å². The molecule has 0 aliphatic rings. The number of fused-ring (bicyclic) bond motifs is 1. The third kappa shape index (κ3) is 5.53. The first kappa shape index (κ1) is 22.8. The van der Waals surface area contributed by atoms with E-state index in [-0.39, 0.29) is 6.61 Å². The molecule has 0 bridgehead atoms. The predicted molar refractivity (Wildman–Crippen MR) is 129 cm³/mol. The lowest BCUT2D eigenvalue weighted by atomic mass is 9.99. The Labute approximate surface area is 200 Å². The molecule has 0 spiro atoms. The van der Waals surface area contributed by atoms with E-state index < -0.39 is 5.97 Å². The summed E-state index contributed by atoms with van der Waals surface area (Å²) in [6, 6.07) is 11.5. The van der Waals surface area contributed by atoms with E-state index in [4.69, 9.17) is 25.9 Å². The van der Waals surface area contributed by atoms with Crippen molar-refractivity contribution in [3.63, 3.8) is 0 Å². The molecular formula is C24H22ClN3O4S. The van der Waals surface area contributed by atoms with Gasteiger partial charge in [0.15, 0.2) is 5.75 Å². The quantitative estimate of drug-likeness (QED) is 0.188. The Hall–Kier alpha value is -3.36. The maximum Gasteiger partial charge on any atom is 0.352 e. The van der Waals surface area contributed by atoms with Crippen LogP contribution in [0.3, 0.4) is 0 Å². The first-order valence-corrected chi connectivity index (χ1v) is 11.5. The lowest BCUT2D eigenvalue weighted by Crippen LogP contribution is -2.14. The topological polar surface area (TPSA) is 85.8 Å². The van der Waals surface area contributed by atoms with Gasteiger partial charge in [-0.1, -0.05) is 28.9 Å². The summed E-state index contributed by atoms with van der Waals surface area (Å²) in [5.41, 5.74) is 3.51. The van der Waals surface area contributed by atoms with E-state index in [2.05, 4.69) is 15.1 Å². The summed E-state index contributed by atoms with van der Waals surface area (Å²) in [6.07, 6.45) is 3.76. The molecule has 170 valence electrons. The summed E-state index contributed by atoms with van der Waals surface area (Å²) in [6.45, 7) is 3.61. The molecule has 9 heteroatoms. The zero-order valence-corrected chi connectivity index (χ0v) is 19.7. The van der Waals surface area contributed by atoms with Crippen molar-refractivity contribution in [2.24, 2.45) is 5.16 Å². The maximum atomic E-state index is 12.4. The Bertz CT molecular complexity index is 1270. The number of ether oxygens (including phenoxy) is 2. The number of carbonyl (C=O) groups excluding carboxylic acids is 1. The second-order valence-electron chi connectivity index (χ2n) is 7.17. The van der Waals surface area contributed by atoms with Crippen LogP contribution in [0.1, 0.15) is 28.8 Å². The molecule has 0 radical (unpaired) electrons. The van der Waals surface area contributed by atoms with Crippen LogP contribution in [-0.2, 0) is 22.7 Å². The van der Waals surface area contributed by atoms with E-state index in [1.54, 1.807) is 13.1 Å². The van der Waals surface area contributed by atoms with Gasteiger partial charge in [0.25, 0.3) is 0 Å². The van der Waals surface area contributed by atoms with Crippen molar-refractivity contribution in [2.45, 2.75) is 26.9 Å². The van der Waals surface area contributed by atoms with E-state index in [1.165, 1.54) is 17.6 Å². The fourth-order valence-electron chi connectivity index (χ4n) is 3.45. The number of aryl methyl sites for hydroxylation is 1. The Kier molecular flexibility index (Phi) is 7.26. The van der Waals surface area contributed by atoms with Crippen molar-refractivity contribution >= 4 is 46.0 Å². The van der Waals surface area contributed by atoms with Crippen LogP contribution in [0.25, 0.3) is 10.9 Å². The maximum absolute atomic E-state index is 12.4. The molecule has 7 nitrogen and oxygen atoms in total. The Morgan fingerprint density at radius 1 is 1.24 bits per heavy atom. The third-order valence-electron chi connectivity index (χ3n) is 4.87. The number of aromatic amines is 1. The number of hydrogen-bond acceptors (Lipinski definition) is 7. The summed E-state index contributed by atoms with van der Waals surface area (Å²) in [5.74, 6) is 0.592. The van der Waals surface area contributed by atoms with Gasteiger partial charge >= 0.3 is 5.97 Å². The fourth-order valence-corrected chi connectivity index (χ4v) is 4.11. The minimum Gasteiger partial charge on any atom is -0.486 e. The van der Waals surface area contributed by atoms with Gasteiger partial charge in [0.2, 0.25) is 6.61 Å². The highest BCUT2D eigenvalue weighted by Gasteiger charge is 2.21. The molecule has 1 N–H and O–H groups in total. The largest absolute Gasteiger partial charge is 0.486 e. The van der Waals surface area contributed by atoms with Gasteiger partial charge in [-0.3, -0.25) is 0 Å². The summed E-state index contributed by atoms with van der Waals surface area (Å²) >= 11 is 7.60. The number of hydrogen-bond donors (Lipinski definition) is 1. The zero-order valence-electron chi connectivity index (χ0n) is 18.1. The van der Waals surface area contributed by atoms with Crippen molar-refractivity contribution in [1.29, 1.82) is 0 Å². The molecule has 0 amide bonds. The Morgan fingerprint density at radius 3 is 2.79 bits per heavy atom. The number of H-pyrrole nitrogens is 1. The number of oxime groups is 1. The van der Waals surface area contributed by atoms with Crippen molar-refractivity contribution in [2.75, 3.05) is 6.61 Å². The standard InChI is InChI=1S/C24H22ClN3O4S/c1-3-27-31-14-22(29)32-24-15(2)28-19-8-9-20(30-13-21-26-10-11-33-21)18(23(19)24)12-16-4-6-17(25)7-5-16/h3-11,28H,12-14H2,1-2H3. The number of thiazole rings is 1. The van der Waals surface area contributed by atoms with Gasteiger partial charge in [0, 0.05) is 40.2 Å². The van der Waals surface area contributed by atoms with E-state index >= 15 is 0 Å². The number of carbonyl (C=O) groups is 1. The highest BCUT2D eigenvalue weighted by molar-refractivity contribution is 7.09. The van der Waals surface area contributed by atoms with Crippen molar-refractivity contribution in [3.05, 3.63) is 74.8 Å². The van der Waals surface area contributed by atoms with Gasteiger partial charge in [-0.15, -0.1) is 11.3 Å². The molecule has 2 aromatic carbocycles. The van der Waals surface area contributed by atoms with E-state index in [0.717, 1.165) is 32.7 Å². The van der Waals surface area contributed by atoms with Gasteiger partial charge < -0.3 is 19.3 Å². The molecule has 0 aliphatic carbocycles. The number of nitrogens with zero attached hydrogens (tertiary/aromatic N) is 2. The average Bonchev–Trinajstić information content (AvgIpc) is 3.43. The van der Waals surface area contributed by atoms with Crippen LogP contribution < -0.4 is 9.47 Å². The molecule has 2 aromatic heterocycles. The highest BCUT2D eigenvalue weighted by Crippen LogP contribution is 2.39. The van der Waals surface area contributed by atoms with Crippen LogP contribution in [-0.4, -0.2) is 28.8 Å².